The van der Waals surface area contributed by atoms with E-state index >= 15 is 0 Å². The Morgan fingerprint density at radius 2 is 1.77 bits per heavy atom. The molecule has 150 valence electrons. The molecule has 3 aromatic carbocycles. The molecule has 1 N–H and O–H groups in total. The molecule has 1 aromatic heterocycles. The summed E-state index contributed by atoms with van der Waals surface area (Å²) in [7, 11) is 0. The molecule has 0 bridgehead atoms. The van der Waals surface area contributed by atoms with E-state index in [2.05, 4.69) is 38.3 Å². The first kappa shape index (κ1) is 20.3. The summed E-state index contributed by atoms with van der Waals surface area (Å²) in [6, 6.07) is 20.7. The summed E-state index contributed by atoms with van der Waals surface area (Å²) in [5.74, 6) is 0.262. The van der Waals surface area contributed by atoms with E-state index in [0.717, 1.165) is 21.3 Å². The van der Waals surface area contributed by atoms with Crippen molar-refractivity contribution < 1.29 is 4.79 Å². The number of hydrogen-bond donors (Lipinski definition) is 1. The molecule has 1 heterocycles. The van der Waals surface area contributed by atoms with Crippen LogP contribution in [0.3, 0.4) is 0 Å². The second-order valence-electron chi connectivity index (χ2n) is 6.91. The quantitative estimate of drug-likeness (QED) is 0.376. The number of anilines is 1. The number of carbonyl (C=O) groups excluding carboxylic acids is 1. The molecular formula is C23H18BrClN4O. The Hall–Kier alpha value is -2.96. The number of aryl methyl sites for hydroxylation is 2. The number of rotatable bonds is 4. The number of nitrogens with zero attached hydrogens (tertiary/aromatic N) is 3. The van der Waals surface area contributed by atoms with E-state index in [-0.39, 0.29) is 11.7 Å². The summed E-state index contributed by atoms with van der Waals surface area (Å²) in [6.45, 7) is 4.09. The van der Waals surface area contributed by atoms with Crippen LogP contribution in [0.4, 0.5) is 5.69 Å². The third-order valence-corrected chi connectivity index (χ3v) is 5.48. The normalized spacial score (nSPS) is 10.8. The van der Waals surface area contributed by atoms with Crippen LogP contribution in [-0.4, -0.2) is 20.7 Å². The Morgan fingerprint density at radius 1 is 1.00 bits per heavy atom. The molecule has 0 radical (unpaired) electrons. The van der Waals surface area contributed by atoms with Crippen molar-refractivity contribution in [1.29, 1.82) is 0 Å². The largest absolute Gasteiger partial charge is 0.319 e. The smallest absolute Gasteiger partial charge is 0.295 e. The van der Waals surface area contributed by atoms with E-state index in [1.54, 1.807) is 16.8 Å². The van der Waals surface area contributed by atoms with Crippen molar-refractivity contribution in [2.45, 2.75) is 13.8 Å². The summed E-state index contributed by atoms with van der Waals surface area (Å²) in [4.78, 5) is 17.4. The molecule has 30 heavy (non-hydrogen) atoms. The monoisotopic (exact) mass is 480 g/mol. The Bertz CT molecular complexity index is 1230. The second kappa shape index (κ2) is 8.42. The maximum atomic E-state index is 12.8. The number of aromatic nitrogens is 3. The highest BCUT2D eigenvalue weighted by atomic mass is 79.9. The molecule has 4 rings (SSSR count). The summed E-state index contributed by atoms with van der Waals surface area (Å²) in [5.41, 5.74) is 4.61. The van der Waals surface area contributed by atoms with Gasteiger partial charge in [-0.25, -0.2) is 9.67 Å². The fraction of sp³-hybridized carbons (Fsp3) is 0.0870. The number of halogens is 2. The summed E-state index contributed by atoms with van der Waals surface area (Å²) < 4.78 is 2.56. The average Bonchev–Trinajstić information content (AvgIpc) is 3.16. The first-order valence-electron chi connectivity index (χ1n) is 9.28. The van der Waals surface area contributed by atoms with Crippen LogP contribution in [0, 0.1) is 13.8 Å². The van der Waals surface area contributed by atoms with Crippen molar-refractivity contribution in [3.8, 4) is 17.1 Å². The summed E-state index contributed by atoms with van der Waals surface area (Å²) >= 11 is 9.45. The number of amides is 1. The van der Waals surface area contributed by atoms with Crippen LogP contribution in [0.25, 0.3) is 17.1 Å². The first-order chi connectivity index (χ1) is 14.4. The molecule has 1 amide bonds. The van der Waals surface area contributed by atoms with Gasteiger partial charge in [-0.1, -0.05) is 39.7 Å². The topological polar surface area (TPSA) is 59.8 Å². The van der Waals surface area contributed by atoms with Crippen molar-refractivity contribution in [1.82, 2.24) is 14.8 Å². The van der Waals surface area contributed by atoms with E-state index in [0.29, 0.717) is 16.5 Å². The third-order valence-electron chi connectivity index (χ3n) is 4.73. The highest BCUT2D eigenvalue weighted by Gasteiger charge is 2.19. The molecule has 5 nitrogen and oxygen atoms in total. The lowest BCUT2D eigenvalue weighted by molar-refractivity contribution is 0.101. The number of hydrogen-bond acceptors (Lipinski definition) is 3. The van der Waals surface area contributed by atoms with Crippen LogP contribution < -0.4 is 5.32 Å². The zero-order chi connectivity index (χ0) is 21.3. The molecule has 4 aromatic rings. The van der Waals surface area contributed by atoms with Gasteiger partial charge in [0.1, 0.15) is 0 Å². The fourth-order valence-corrected chi connectivity index (χ4v) is 3.51. The van der Waals surface area contributed by atoms with E-state index < -0.39 is 0 Å². The lowest BCUT2D eigenvalue weighted by Gasteiger charge is -2.08. The highest BCUT2D eigenvalue weighted by molar-refractivity contribution is 9.10. The average molecular weight is 482 g/mol. The van der Waals surface area contributed by atoms with Gasteiger partial charge >= 0.3 is 0 Å². The van der Waals surface area contributed by atoms with Crippen molar-refractivity contribution in [2.24, 2.45) is 0 Å². The molecule has 0 saturated heterocycles. The van der Waals surface area contributed by atoms with Crippen LogP contribution in [0.15, 0.2) is 71.2 Å². The zero-order valence-corrected chi connectivity index (χ0v) is 18.7. The number of nitrogens with one attached hydrogen (secondary N) is 1. The van der Waals surface area contributed by atoms with Gasteiger partial charge in [-0.3, -0.25) is 4.79 Å². The Morgan fingerprint density at radius 3 is 2.47 bits per heavy atom. The third kappa shape index (κ3) is 4.30. The van der Waals surface area contributed by atoms with Gasteiger partial charge in [-0.15, -0.1) is 5.10 Å². The van der Waals surface area contributed by atoms with Crippen molar-refractivity contribution >= 4 is 39.1 Å². The molecule has 0 atom stereocenters. The van der Waals surface area contributed by atoms with E-state index in [1.807, 2.05) is 61.5 Å². The van der Waals surface area contributed by atoms with Crippen LogP contribution in [0.1, 0.15) is 21.7 Å². The van der Waals surface area contributed by atoms with Crippen molar-refractivity contribution in [2.75, 3.05) is 5.32 Å². The lowest BCUT2D eigenvalue weighted by Crippen LogP contribution is -2.14. The molecule has 0 unspecified atom stereocenters. The van der Waals surface area contributed by atoms with Crippen LogP contribution in [0.5, 0.6) is 0 Å². The standard InChI is InChI=1S/C23H18BrClN4O/c1-14-6-11-20(12-15(14)2)29-22(16-7-9-18(25)10-8-16)27-21(28-29)23(30)26-19-5-3-4-17(24)13-19/h3-13H,1-2H3,(H,26,30). The predicted octanol–water partition coefficient (Wildman–Crippen LogP) is 6.22. The summed E-state index contributed by atoms with van der Waals surface area (Å²) in [6.07, 6.45) is 0. The molecule has 0 spiro atoms. The van der Waals surface area contributed by atoms with E-state index in [1.165, 1.54) is 5.56 Å². The van der Waals surface area contributed by atoms with Gasteiger partial charge in [0.2, 0.25) is 5.82 Å². The summed E-state index contributed by atoms with van der Waals surface area (Å²) in [5, 5.41) is 7.99. The maximum Gasteiger partial charge on any atom is 0.295 e. The van der Waals surface area contributed by atoms with Gasteiger partial charge in [-0.05, 0) is 79.6 Å². The van der Waals surface area contributed by atoms with Crippen molar-refractivity contribution in [3.05, 3.63) is 93.2 Å². The van der Waals surface area contributed by atoms with E-state index in [9.17, 15) is 4.79 Å². The minimum Gasteiger partial charge on any atom is -0.319 e. The molecule has 0 aliphatic carbocycles. The van der Waals surface area contributed by atoms with Crippen LogP contribution in [0.2, 0.25) is 5.02 Å². The van der Waals surface area contributed by atoms with Gasteiger partial charge in [0, 0.05) is 20.7 Å². The fourth-order valence-electron chi connectivity index (χ4n) is 2.98. The van der Waals surface area contributed by atoms with Gasteiger partial charge in [0.25, 0.3) is 5.91 Å². The van der Waals surface area contributed by atoms with Gasteiger partial charge in [0.05, 0.1) is 5.69 Å². The number of benzene rings is 3. The van der Waals surface area contributed by atoms with Crippen LogP contribution in [-0.2, 0) is 0 Å². The number of carbonyl (C=O) groups is 1. The first-order valence-corrected chi connectivity index (χ1v) is 10.5. The van der Waals surface area contributed by atoms with Gasteiger partial charge in [-0.2, -0.15) is 0 Å². The zero-order valence-electron chi connectivity index (χ0n) is 16.4. The van der Waals surface area contributed by atoms with Gasteiger partial charge in [0.15, 0.2) is 5.82 Å². The van der Waals surface area contributed by atoms with E-state index in [4.69, 9.17) is 11.6 Å². The molecule has 0 aliphatic heterocycles. The predicted molar refractivity (Wildman–Crippen MR) is 123 cm³/mol. The Balaban J connectivity index is 1.77. The van der Waals surface area contributed by atoms with Crippen molar-refractivity contribution in [3.63, 3.8) is 0 Å². The van der Waals surface area contributed by atoms with Gasteiger partial charge < -0.3 is 5.32 Å². The molecule has 0 aliphatic rings. The Kier molecular flexibility index (Phi) is 5.70. The highest BCUT2D eigenvalue weighted by Crippen LogP contribution is 2.25. The second-order valence-corrected chi connectivity index (χ2v) is 8.26. The molecule has 0 saturated carbocycles. The maximum absolute atomic E-state index is 12.8. The molecular weight excluding hydrogens is 464 g/mol. The van der Waals surface area contributed by atoms with Crippen LogP contribution >= 0.6 is 27.5 Å². The SMILES string of the molecule is Cc1ccc(-n2nc(C(=O)Nc3cccc(Br)c3)nc2-c2ccc(Cl)cc2)cc1C. The molecule has 7 heteroatoms. The minimum atomic E-state index is -0.383. The minimum absolute atomic E-state index is 0.0816. The molecule has 0 fully saturated rings. The lowest BCUT2D eigenvalue weighted by atomic mass is 10.1. The Labute approximate surface area is 187 Å².